The number of nitrogens with two attached hydrogens (primary N) is 1. The van der Waals surface area contributed by atoms with E-state index >= 15 is 0 Å². The summed E-state index contributed by atoms with van der Waals surface area (Å²) in [6.45, 7) is 0.482. The minimum atomic E-state index is 0.482. The van der Waals surface area contributed by atoms with E-state index in [4.69, 9.17) is 5.73 Å². The molecule has 1 aliphatic rings. The van der Waals surface area contributed by atoms with Crippen molar-refractivity contribution in [3.8, 4) is 11.1 Å². The molecule has 0 fully saturated rings. The Hall–Kier alpha value is -2.13. The first-order valence-electron chi connectivity index (χ1n) is 7.12. The van der Waals surface area contributed by atoms with Gasteiger partial charge in [0.2, 0.25) is 0 Å². The van der Waals surface area contributed by atoms with E-state index < -0.39 is 0 Å². The number of nitrogens with zero attached hydrogens (tertiary/aromatic N) is 2. The molecule has 0 spiro atoms. The molecule has 0 saturated heterocycles. The van der Waals surface area contributed by atoms with E-state index in [1.165, 1.54) is 41.5 Å². The fraction of sp³-hybridized carbons (Fsp3) is 0.235. The fourth-order valence-electron chi connectivity index (χ4n) is 3.08. The second-order valence-corrected chi connectivity index (χ2v) is 5.48. The van der Waals surface area contributed by atoms with Gasteiger partial charge in [0.05, 0.1) is 12.0 Å². The largest absolute Gasteiger partial charge is 0.325 e. The third-order valence-electron chi connectivity index (χ3n) is 4.18. The van der Waals surface area contributed by atoms with Crippen molar-refractivity contribution in [3.05, 3.63) is 59.7 Å². The molecule has 0 radical (unpaired) electrons. The zero-order chi connectivity index (χ0) is 13.5. The minimum Gasteiger partial charge on any atom is -0.325 e. The topological polar surface area (TPSA) is 43.3 Å². The smallest absolute Gasteiger partial charge is 0.0994 e. The van der Waals surface area contributed by atoms with E-state index in [1.807, 2.05) is 6.33 Å². The highest BCUT2D eigenvalue weighted by Gasteiger charge is 2.12. The summed E-state index contributed by atoms with van der Waals surface area (Å²) in [6, 6.07) is 11.1. The lowest BCUT2D eigenvalue weighted by Gasteiger charge is -2.02. The van der Waals surface area contributed by atoms with E-state index in [1.54, 1.807) is 0 Å². The summed E-state index contributed by atoms with van der Waals surface area (Å²) in [6.07, 6.45) is 7.72. The molecule has 1 aliphatic carbocycles. The van der Waals surface area contributed by atoms with Gasteiger partial charge in [0.25, 0.3) is 0 Å². The number of aryl methyl sites for hydroxylation is 2. The molecule has 3 heteroatoms. The molecule has 0 unspecified atom stereocenters. The summed E-state index contributed by atoms with van der Waals surface area (Å²) in [5.41, 5.74) is 13.3. The standard InChI is InChI=1S/C17H17N3/c18-9-16-8-17-7-15(10-20(17)11-19-16)14-5-4-12-2-1-3-13(12)6-14/h4-8,10-11H,1-3,9,18H2. The van der Waals surface area contributed by atoms with E-state index in [-0.39, 0.29) is 0 Å². The summed E-state index contributed by atoms with van der Waals surface area (Å²) in [4.78, 5) is 4.33. The Bertz CT molecular complexity index is 786. The van der Waals surface area contributed by atoms with E-state index in [9.17, 15) is 0 Å². The lowest BCUT2D eigenvalue weighted by atomic mass is 10.0. The molecule has 0 saturated carbocycles. The van der Waals surface area contributed by atoms with Crippen molar-refractivity contribution >= 4 is 5.52 Å². The molecular weight excluding hydrogens is 246 g/mol. The monoisotopic (exact) mass is 263 g/mol. The molecule has 2 heterocycles. The third-order valence-corrected chi connectivity index (χ3v) is 4.18. The van der Waals surface area contributed by atoms with Crippen molar-refractivity contribution in [3.63, 3.8) is 0 Å². The molecule has 3 nitrogen and oxygen atoms in total. The van der Waals surface area contributed by atoms with Gasteiger partial charge in [-0.25, -0.2) is 4.98 Å². The lowest BCUT2D eigenvalue weighted by Crippen LogP contribution is -2.00. The maximum Gasteiger partial charge on any atom is 0.0994 e. The van der Waals surface area contributed by atoms with Crippen LogP contribution in [0.2, 0.25) is 0 Å². The summed E-state index contributed by atoms with van der Waals surface area (Å²) in [5.74, 6) is 0. The Morgan fingerprint density at radius 3 is 2.85 bits per heavy atom. The molecule has 0 amide bonds. The van der Waals surface area contributed by atoms with Gasteiger partial charge >= 0.3 is 0 Å². The highest BCUT2D eigenvalue weighted by atomic mass is 14.9. The molecule has 20 heavy (non-hydrogen) atoms. The zero-order valence-electron chi connectivity index (χ0n) is 11.3. The number of fused-ring (bicyclic) bond motifs is 2. The molecule has 100 valence electrons. The predicted octanol–water partition coefficient (Wildman–Crippen LogP) is 2.95. The number of aromatic nitrogens is 2. The fourth-order valence-corrected chi connectivity index (χ4v) is 3.08. The first kappa shape index (κ1) is 11.7. The van der Waals surface area contributed by atoms with Gasteiger partial charge in [-0.3, -0.25) is 0 Å². The second kappa shape index (κ2) is 4.46. The van der Waals surface area contributed by atoms with E-state index in [2.05, 4.69) is 45.9 Å². The number of benzene rings is 1. The van der Waals surface area contributed by atoms with Crippen LogP contribution in [0.1, 0.15) is 23.2 Å². The molecule has 0 atom stereocenters. The van der Waals surface area contributed by atoms with Crippen LogP contribution in [0, 0.1) is 0 Å². The van der Waals surface area contributed by atoms with Crippen LogP contribution < -0.4 is 5.73 Å². The normalized spacial score (nSPS) is 13.8. The highest BCUT2D eigenvalue weighted by Crippen LogP contribution is 2.29. The third kappa shape index (κ3) is 1.82. The van der Waals surface area contributed by atoms with Gasteiger partial charge in [0.15, 0.2) is 0 Å². The van der Waals surface area contributed by atoms with Gasteiger partial charge in [0.1, 0.15) is 0 Å². The van der Waals surface area contributed by atoms with Crippen LogP contribution in [-0.2, 0) is 19.4 Å². The van der Waals surface area contributed by atoms with Crippen molar-refractivity contribution in [2.75, 3.05) is 0 Å². The number of hydrogen-bond donors (Lipinski definition) is 1. The molecule has 2 N–H and O–H groups in total. The van der Waals surface area contributed by atoms with Crippen LogP contribution in [0.4, 0.5) is 0 Å². The van der Waals surface area contributed by atoms with Gasteiger partial charge in [-0.15, -0.1) is 0 Å². The molecule has 0 aliphatic heterocycles. The van der Waals surface area contributed by atoms with Crippen molar-refractivity contribution in [2.45, 2.75) is 25.8 Å². The van der Waals surface area contributed by atoms with Gasteiger partial charge in [0, 0.05) is 23.8 Å². The quantitative estimate of drug-likeness (QED) is 0.772. The average Bonchev–Trinajstić information content (AvgIpc) is 3.11. The number of rotatable bonds is 2. The highest BCUT2D eigenvalue weighted by molar-refractivity contribution is 5.71. The van der Waals surface area contributed by atoms with Crippen LogP contribution >= 0.6 is 0 Å². The zero-order valence-corrected chi connectivity index (χ0v) is 11.3. The molecular formula is C17H17N3. The van der Waals surface area contributed by atoms with Crippen LogP contribution in [0.5, 0.6) is 0 Å². The summed E-state index contributed by atoms with van der Waals surface area (Å²) < 4.78 is 2.06. The molecule has 1 aromatic carbocycles. The Morgan fingerprint density at radius 1 is 1.05 bits per heavy atom. The molecule has 3 aromatic rings. The summed E-state index contributed by atoms with van der Waals surface area (Å²) >= 11 is 0. The van der Waals surface area contributed by atoms with Gasteiger partial charge in [-0.1, -0.05) is 18.2 Å². The minimum absolute atomic E-state index is 0.482. The Morgan fingerprint density at radius 2 is 1.95 bits per heavy atom. The van der Waals surface area contributed by atoms with Crippen molar-refractivity contribution < 1.29 is 0 Å². The van der Waals surface area contributed by atoms with E-state index in [0.717, 1.165) is 11.2 Å². The lowest BCUT2D eigenvalue weighted by molar-refractivity contribution is 0.912. The number of hydrogen-bond acceptors (Lipinski definition) is 2. The maximum atomic E-state index is 5.65. The first-order chi connectivity index (χ1) is 9.83. The summed E-state index contributed by atoms with van der Waals surface area (Å²) in [7, 11) is 0. The van der Waals surface area contributed by atoms with Crippen molar-refractivity contribution in [1.82, 2.24) is 9.38 Å². The molecule has 0 bridgehead atoms. The second-order valence-electron chi connectivity index (χ2n) is 5.48. The average molecular weight is 263 g/mol. The van der Waals surface area contributed by atoms with Crippen molar-refractivity contribution in [1.29, 1.82) is 0 Å². The van der Waals surface area contributed by atoms with Crippen LogP contribution in [0.15, 0.2) is 42.9 Å². The van der Waals surface area contributed by atoms with Gasteiger partial charge in [-0.2, -0.15) is 0 Å². The predicted molar refractivity (Wildman–Crippen MR) is 80.5 cm³/mol. The van der Waals surface area contributed by atoms with Crippen LogP contribution in [0.25, 0.3) is 16.6 Å². The molecule has 4 rings (SSSR count). The van der Waals surface area contributed by atoms with Gasteiger partial charge in [-0.05, 0) is 48.1 Å². The van der Waals surface area contributed by atoms with Crippen LogP contribution in [0.3, 0.4) is 0 Å². The Balaban J connectivity index is 1.81. The maximum absolute atomic E-state index is 5.65. The van der Waals surface area contributed by atoms with Crippen molar-refractivity contribution in [2.24, 2.45) is 5.73 Å². The SMILES string of the molecule is NCc1cc2cc(-c3ccc4c(c3)CCC4)cn2cn1. The Kier molecular flexibility index (Phi) is 2.60. The van der Waals surface area contributed by atoms with E-state index in [0.29, 0.717) is 6.54 Å². The first-order valence-corrected chi connectivity index (χ1v) is 7.12. The Labute approximate surface area is 118 Å². The van der Waals surface area contributed by atoms with Crippen LogP contribution in [-0.4, -0.2) is 9.38 Å². The molecule has 2 aromatic heterocycles. The van der Waals surface area contributed by atoms with Gasteiger partial charge < -0.3 is 10.1 Å². The summed E-state index contributed by atoms with van der Waals surface area (Å²) in [5, 5.41) is 0.